The van der Waals surface area contributed by atoms with Gasteiger partial charge in [-0.25, -0.2) is 8.42 Å². The van der Waals surface area contributed by atoms with Crippen molar-refractivity contribution in [1.29, 1.82) is 0 Å². The van der Waals surface area contributed by atoms with Gasteiger partial charge >= 0.3 is 5.97 Å². The van der Waals surface area contributed by atoms with Crippen LogP contribution in [-0.2, 0) is 14.8 Å². The Hall–Kier alpha value is -2.29. The lowest BCUT2D eigenvalue weighted by atomic mass is 10.1. The number of carboxylic acid groups (broad SMARTS) is 1. The first-order valence-corrected chi connectivity index (χ1v) is 10.8. The number of hydrogen-bond acceptors (Lipinski definition) is 5. The number of rotatable bonds is 8. The molecule has 7 nitrogen and oxygen atoms in total. The summed E-state index contributed by atoms with van der Waals surface area (Å²) < 4.78 is 33.4. The zero-order chi connectivity index (χ0) is 20.5. The van der Waals surface area contributed by atoms with Gasteiger partial charge in [-0.05, 0) is 30.2 Å². The van der Waals surface area contributed by atoms with Crippen molar-refractivity contribution in [3.8, 4) is 0 Å². The maximum Gasteiger partial charge on any atom is 0.322 e. The van der Waals surface area contributed by atoms with Gasteiger partial charge in [0.05, 0.1) is 4.90 Å². The monoisotopic (exact) mass is 424 g/mol. The Bertz CT molecular complexity index is 1120. The zero-order valence-electron chi connectivity index (χ0n) is 15.4. The molecule has 0 aliphatic rings. The van der Waals surface area contributed by atoms with Crippen molar-refractivity contribution in [2.45, 2.75) is 24.8 Å². The van der Waals surface area contributed by atoms with Crippen LogP contribution in [0.4, 0.5) is 5.69 Å². The molecule has 9 heteroatoms. The lowest BCUT2D eigenvalue weighted by Crippen LogP contribution is -2.44. The molecule has 0 aliphatic carbocycles. The SMILES string of the molecule is CC(C)[C@H](NS(=O)(=O)c1ccc2c(c1)oc1cc(NCCCl)ccc12)C(=O)O. The Kier molecular flexibility index (Phi) is 5.83. The van der Waals surface area contributed by atoms with Crippen LogP contribution in [0.3, 0.4) is 0 Å². The normalized spacial score (nSPS) is 13.3. The van der Waals surface area contributed by atoms with Gasteiger partial charge in [0.15, 0.2) is 0 Å². The number of fused-ring (bicyclic) bond motifs is 3. The molecule has 0 bridgehead atoms. The van der Waals surface area contributed by atoms with Gasteiger partial charge in [-0.1, -0.05) is 13.8 Å². The van der Waals surface area contributed by atoms with Crippen LogP contribution in [0.25, 0.3) is 21.9 Å². The minimum Gasteiger partial charge on any atom is -0.480 e. The van der Waals surface area contributed by atoms with Gasteiger partial charge in [0.2, 0.25) is 10.0 Å². The first-order valence-electron chi connectivity index (χ1n) is 8.74. The van der Waals surface area contributed by atoms with Crippen molar-refractivity contribution in [3.63, 3.8) is 0 Å². The summed E-state index contributed by atoms with van der Waals surface area (Å²) in [6.07, 6.45) is 0. The Morgan fingerprint density at radius 1 is 1.14 bits per heavy atom. The highest BCUT2D eigenvalue weighted by molar-refractivity contribution is 7.89. The summed E-state index contributed by atoms with van der Waals surface area (Å²) in [6.45, 7) is 3.89. The standard InChI is InChI=1S/C19H21ClN2O5S/c1-11(2)18(19(23)24)22-28(25,26)13-4-6-15-14-5-3-12(21-8-7-20)9-16(14)27-17(15)10-13/h3-6,9-11,18,21-22H,7-8H2,1-2H3,(H,23,24)/t18-/m0/s1. The number of carboxylic acids is 1. The molecule has 1 heterocycles. The molecule has 0 spiro atoms. The van der Waals surface area contributed by atoms with Crippen LogP contribution in [0.5, 0.6) is 0 Å². The van der Waals surface area contributed by atoms with Gasteiger partial charge in [0.25, 0.3) is 0 Å². The summed E-state index contributed by atoms with van der Waals surface area (Å²) >= 11 is 5.68. The van der Waals surface area contributed by atoms with E-state index < -0.39 is 28.0 Å². The molecule has 0 aliphatic heterocycles. The number of furan rings is 1. The van der Waals surface area contributed by atoms with Gasteiger partial charge in [-0.15, -0.1) is 11.6 Å². The highest BCUT2D eigenvalue weighted by Crippen LogP contribution is 2.32. The summed E-state index contributed by atoms with van der Waals surface area (Å²) in [4.78, 5) is 11.3. The van der Waals surface area contributed by atoms with E-state index in [1.807, 2.05) is 18.2 Å². The number of nitrogens with one attached hydrogen (secondary N) is 2. The first-order chi connectivity index (χ1) is 13.2. The molecule has 0 saturated carbocycles. The second-order valence-electron chi connectivity index (χ2n) is 6.77. The van der Waals surface area contributed by atoms with Crippen LogP contribution < -0.4 is 10.0 Å². The smallest absolute Gasteiger partial charge is 0.322 e. The average molecular weight is 425 g/mol. The number of anilines is 1. The molecular weight excluding hydrogens is 404 g/mol. The van der Waals surface area contributed by atoms with E-state index >= 15 is 0 Å². The van der Waals surface area contributed by atoms with Crippen molar-refractivity contribution < 1.29 is 22.7 Å². The maximum absolute atomic E-state index is 12.6. The van der Waals surface area contributed by atoms with E-state index in [0.29, 0.717) is 23.6 Å². The van der Waals surface area contributed by atoms with Crippen LogP contribution >= 0.6 is 11.6 Å². The fourth-order valence-electron chi connectivity index (χ4n) is 2.93. The lowest BCUT2D eigenvalue weighted by Gasteiger charge is -2.17. The largest absolute Gasteiger partial charge is 0.480 e. The van der Waals surface area contributed by atoms with E-state index in [2.05, 4.69) is 10.0 Å². The topological polar surface area (TPSA) is 109 Å². The van der Waals surface area contributed by atoms with Gasteiger partial charge in [0, 0.05) is 41.0 Å². The zero-order valence-corrected chi connectivity index (χ0v) is 17.0. The van der Waals surface area contributed by atoms with E-state index in [-0.39, 0.29) is 4.90 Å². The molecule has 0 saturated heterocycles. The van der Waals surface area contributed by atoms with Gasteiger partial charge in [0.1, 0.15) is 17.2 Å². The molecule has 2 aromatic carbocycles. The minimum atomic E-state index is -4.02. The Labute approximate surface area is 167 Å². The number of halogens is 1. The molecule has 3 aromatic rings. The number of alkyl halides is 1. The summed E-state index contributed by atoms with van der Waals surface area (Å²) in [5, 5.41) is 14.0. The maximum atomic E-state index is 12.6. The van der Waals surface area contributed by atoms with Crippen LogP contribution in [-0.4, -0.2) is 38.0 Å². The van der Waals surface area contributed by atoms with Crippen LogP contribution in [0, 0.1) is 5.92 Å². The van der Waals surface area contributed by atoms with E-state index in [9.17, 15) is 18.3 Å². The number of hydrogen-bond donors (Lipinski definition) is 3. The molecule has 0 unspecified atom stereocenters. The van der Waals surface area contributed by atoms with Crippen LogP contribution in [0.2, 0.25) is 0 Å². The van der Waals surface area contributed by atoms with E-state index in [1.54, 1.807) is 19.9 Å². The van der Waals surface area contributed by atoms with Crippen molar-refractivity contribution >= 4 is 55.2 Å². The second kappa shape index (κ2) is 7.98. The van der Waals surface area contributed by atoms with E-state index in [4.69, 9.17) is 16.0 Å². The first kappa shape index (κ1) is 20.4. The molecule has 1 aromatic heterocycles. The average Bonchev–Trinajstić information content (AvgIpc) is 3.00. The summed E-state index contributed by atoms with van der Waals surface area (Å²) in [5.41, 5.74) is 1.87. The molecule has 1 atom stereocenters. The predicted molar refractivity (Wildman–Crippen MR) is 110 cm³/mol. The molecule has 0 fully saturated rings. The van der Waals surface area contributed by atoms with Gasteiger partial charge < -0.3 is 14.8 Å². The lowest BCUT2D eigenvalue weighted by molar-refractivity contribution is -0.140. The minimum absolute atomic E-state index is 0.0496. The van der Waals surface area contributed by atoms with Crippen molar-refractivity contribution in [2.75, 3.05) is 17.7 Å². The highest BCUT2D eigenvalue weighted by Gasteiger charge is 2.28. The predicted octanol–water partition coefficient (Wildman–Crippen LogP) is 3.62. The van der Waals surface area contributed by atoms with Crippen molar-refractivity contribution in [1.82, 2.24) is 4.72 Å². The fraction of sp³-hybridized carbons (Fsp3) is 0.316. The third-order valence-electron chi connectivity index (χ3n) is 4.39. The quantitative estimate of drug-likeness (QED) is 0.476. The third-order valence-corrected chi connectivity index (χ3v) is 6.02. The molecule has 150 valence electrons. The molecule has 3 N–H and O–H groups in total. The number of sulfonamides is 1. The highest BCUT2D eigenvalue weighted by atomic mass is 35.5. The van der Waals surface area contributed by atoms with Gasteiger partial charge in [-0.3, -0.25) is 4.79 Å². The molecule has 0 radical (unpaired) electrons. The Balaban J connectivity index is 1.99. The fourth-order valence-corrected chi connectivity index (χ4v) is 4.38. The van der Waals surface area contributed by atoms with E-state index in [0.717, 1.165) is 16.5 Å². The molecule has 3 rings (SSSR count). The van der Waals surface area contributed by atoms with Gasteiger partial charge in [-0.2, -0.15) is 4.72 Å². The Morgan fingerprint density at radius 3 is 2.39 bits per heavy atom. The van der Waals surface area contributed by atoms with Crippen molar-refractivity contribution in [2.24, 2.45) is 5.92 Å². The number of benzene rings is 2. The molecule has 0 amide bonds. The number of carbonyl (C=O) groups is 1. The third kappa shape index (κ3) is 4.09. The van der Waals surface area contributed by atoms with Crippen LogP contribution in [0.15, 0.2) is 45.7 Å². The number of aliphatic carboxylic acids is 1. The van der Waals surface area contributed by atoms with Crippen LogP contribution in [0.1, 0.15) is 13.8 Å². The molecular formula is C19H21ClN2O5S. The van der Waals surface area contributed by atoms with Crippen molar-refractivity contribution in [3.05, 3.63) is 36.4 Å². The Morgan fingerprint density at radius 2 is 1.79 bits per heavy atom. The summed E-state index contributed by atoms with van der Waals surface area (Å²) in [6, 6.07) is 8.91. The molecule has 28 heavy (non-hydrogen) atoms. The summed E-state index contributed by atoms with van der Waals surface area (Å²) in [7, 11) is -4.02. The summed E-state index contributed by atoms with van der Waals surface area (Å²) in [5.74, 6) is -1.15. The second-order valence-corrected chi connectivity index (χ2v) is 8.86. The van der Waals surface area contributed by atoms with E-state index in [1.165, 1.54) is 12.1 Å².